The lowest BCUT2D eigenvalue weighted by Crippen LogP contribution is -2.51. The Kier molecular flexibility index (Phi) is 5.54. The first-order chi connectivity index (χ1) is 15.9. The van der Waals surface area contributed by atoms with Gasteiger partial charge < -0.3 is 10.2 Å². The van der Waals surface area contributed by atoms with E-state index in [0.29, 0.717) is 34.3 Å². The first-order valence-electron chi connectivity index (χ1n) is 10.5. The number of nitrogens with one attached hydrogen (secondary N) is 1. The van der Waals surface area contributed by atoms with E-state index in [2.05, 4.69) is 5.32 Å². The molecule has 1 fully saturated rings. The van der Waals surface area contributed by atoms with Crippen molar-refractivity contribution < 1.29 is 14.0 Å². The molecule has 2 aliphatic heterocycles. The molecule has 0 unspecified atom stereocenters. The molecule has 0 radical (unpaired) electrons. The van der Waals surface area contributed by atoms with Gasteiger partial charge in [-0.15, -0.1) is 11.8 Å². The van der Waals surface area contributed by atoms with E-state index in [4.69, 9.17) is 11.6 Å². The van der Waals surface area contributed by atoms with Gasteiger partial charge in [-0.2, -0.15) is 0 Å². The number of rotatable bonds is 3. The maximum atomic E-state index is 14.4. The number of halogens is 2. The molecule has 8 heteroatoms. The second-order valence-electron chi connectivity index (χ2n) is 8.09. The SMILES string of the molecule is Cc1ccc2c(c1)[C@@]1(SCCN1C(=O)Nc1cccc(Cl)c1)C(=O)N2Cc1ccccc1F. The Morgan fingerprint density at radius 2 is 1.97 bits per heavy atom. The average Bonchev–Trinajstić information content (AvgIpc) is 3.32. The Balaban J connectivity index is 1.54. The molecule has 168 valence electrons. The third-order valence-electron chi connectivity index (χ3n) is 5.96. The minimum atomic E-state index is -1.20. The monoisotopic (exact) mass is 481 g/mol. The Bertz CT molecular complexity index is 1270. The van der Waals surface area contributed by atoms with Crippen molar-refractivity contribution in [2.24, 2.45) is 0 Å². The number of amides is 3. The van der Waals surface area contributed by atoms with Gasteiger partial charge in [0.2, 0.25) is 0 Å². The summed E-state index contributed by atoms with van der Waals surface area (Å²) in [6.45, 7) is 2.45. The molecular formula is C25H21ClFN3O2S. The zero-order valence-corrected chi connectivity index (χ0v) is 19.4. The van der Waals surface area contributed by atoms with Crippen LogP contribution in [0, 0.1) is 12.7 Å². The van der Waals surface area contributed by atoms with E-state index in [1.54, 1.807) is 52.3 Å². The van der Waals surface area contributed by atoms with E-state index in [9.17, 15) is 14.0 Å². The highest BCUT2D eigenvalue weighted by atomic mass is 35.5. The summed E-state index contributed by atoms with van der Waals surface area (Å²) >= 11 is 7.50. The van der Waals surface area contributed by atoms with Crippen molar-refractivity contribution >= 4 is 46.7 Å². The fourth-order valence-corrected chi connectivity index (χ4v) is 6.08. The molecule has 2 heterocycles. The van der Waals surface area contributed by atoms with Crippen LogP contribution in [-0.2, 0) is 16.2 Å². The first-order valence-corrected chi connectivity index (χ1v) is 11.9. The number of hydrogen-bond acceptors (Lipinski definition) is 3. The van der Waals surface area contributed by atoms with E-state index in [1.165, 1.54) is 17.8 Å². The predicted molar refractivity (Wildman–Crippen MR) is 130 cm³/mol. The normalized spacial score (nSPS) is 19.3. The number of hydrogen-bond donors (Lipinski definition) is 1. The Morgan fingerprint density at radius 3 is 2.76 bits per heavy atom. The van der Waals surface area contributed by atoms with Crippen molar-refractivity contribution in [3.05, 3.63) is 94.3 Å². The highest BCUT2D eigenvalue weighted by molar-refractivity contribution is 8.01. The number of fused-ring (bicyclic) bond motifs is 2. The number of anilines is 2. The molecule has 3 aromatic carbocycles. The van der Waals surface area contributed by atoms with Crippen LogP contribution in [0.5, 0.6) is 0 Å². The molecule has 33 heavy (non-hydrogen) atoms. The van der Waals surface area contributed by atoms with Crippen LogP contribution in [0.4, 0.5) is 20.6 Å². The van der Waals surface area contributed by atoms with Crippen LogP contribution >= 0.6 is 23.4 Å². The molecule has 0 aromatic heterocycles. The highest BCUT2D eigenvalue weighted by Crippen LogP contribution is 2.54. The summed E-state index contributed by atoms with van der Waals surface area (Å²) in [5, 5.41) is 3.38. The molecule has 0 aliphatic carbocycles. The number of urea groups is 1. The lowest BCUT2D eigenvalue weighted by molar-refractivity contribution is -0.123. The fourth-order valence-electron chi connectivity index (χ4n) is 4.44. The zero-order valence-electron chi connectivity index (χ0n) is 17.8. The van der Waals surface area contributed by atoms with E-state index < -0.39 is 4.87 Å². The van der Waals surface area contributed by atoms with Crippen LogP contribution in [0.3, 0.4) is 0 Å². The largest absolute Gasteiger partial charge is 0.323 e. The summed E-state index contributed by atoms with van der Waals surface area (Å²) in [7, 11) is 0. The lowest BCUT2D eigenvalue weighted by atomic mass is 10.0. The van der Waals surface area contributed by atoms with Crippen molar-refractivity contribution in [2.45, 2.75) is 18.3 Å². The third-order valence-corrected chi connectivity index (χ3v) is 7.61. The van der Waals surface area contributed by atoms with Crippen LogP contribution in [-0.4, -0.2) is 29.1 Å². The van der Waals surface area contributed by atoms with Crippen molar-refractivity contribution in [1.29, 1.82) is 0 Å². The van der Waals surface area contributed by atoms with E-state index in [1.807, 2.05) is 25.1 Å². The Labute approximate surface area is 200 Å². The van der Waals surface area contributed by atoms with Crippen LogP contribution < -0.4 is 10.2 Å². The van der Waals surface area contributed by atoms with Crippen molar-refractivity contribution in [1.82, 2.24) is 4.90 Å². The van der Waals surface area contributed by atoms with Gasteiger partial charge in [0, 0.05) is 34.1 Å². The third kappa shape index (κ3) is 3.65. The van der Waals surface area contributed by atoms with Gasteiger partial charge in [0.05, 0.1) is 12.2 Å². The first kappa shape index (κ1) is 21.8. The van der Waals surface area contributed by atoms with E-state index in [-0.39, 0.29) is 24.3 Å². The van der Waals surface area contributed by atoms with E-state index in [0.717, 1.165) is 11.1 Å². The summed E-state index contributed by atoms with van der Waals surface area (Å²) in [6.07, 6.45) is 0. The summed E-state index contributed by atoms with van der Waals surface area (Å²) in [5.41, 5.74) is 3.41. The summed E-state index contributed by atoms with van der Waals surface area (Å²) in [5.74, 6) is -0.0000438. The van der Waals surface area contributed by atoms with Crippen LogP contribution in [0.25, 0.3) is 0 Å². The van der Waals surface area contributed by atoms with Gasteiger partial charge in [-0.1, -0.05) is 53.6 Å². The second kappa shape index (κ2) is 8.39. The molecule has 2 aliphatic rings. The molecule has 0 bridgehead atoms. The number of aryl methyl sites for hydroxylation is 1. The zero-order chi connectivity index (χ0) is 23.2. The van der Waals surface area contributed by atoms with Gasteiger partial charge in [-0.25, -0.2) is 9.18 Å². The molecule has 0 saturated carbocycles. The molecular weight excluding hydrogens is 461 g/mol. The van der Waals surface area contributed by atoms with Gasteiger partial charge in [-0.05, 0) is 37.3 Å². The van der Waals surface area contributed by atoms with Crippen molar-refractivity contribution in [3.8, 4) is 0 Å². The molecule has 3 amide bonds. The predicted octanol–water partition coefficient (Wildman–Crippen LogP) is 5.77. The topological polar surface area (TPSA) is 52.7 Å². The van der Waals surface area contributed by atoms with Gasteiger partial charge >= 0.3 is 6.03 Å². The number of carbonyl (C=O) groups is 2. The molecule has 1 atom stereocenters. The van der Waals surface area contributed by atoms with E-state index >= 15 is 0 Å². The fraction of sp³-hybridized carbons (Fsp3) is 0.200. The number of nitrogens with zero attached hydrogens (tertiary/aromatic N) is 2. The quantitative estimate of drug-likeness (QED) is 0.517. The molecule has 5 rings (SSSR count). The smallest absolute Gasteiger partial charge is 0.308 e. The standard InChI is InChI=1S/C25H21ClFN3O2S/c1-16-9-10-22-20(13-16)25(23(31)29(22)15-17-5-2-3-8-21(17)27)30(11-12-33-25)24(32)28-19-7-4-6-18(26)14-19/h2-10,13-14H,11-12,15H2,1H3,(H,28,32)/t25-/m1/s1. The lowest BCUT2D eigenvalue weighted by Gasteiger charge is -2.33. The summed E-state index contributed by atoms with van der Waals surface area (Å²) in [4.78, 5) is 29.3. The Morgan fingerprint density at radius 1 is 1.15 bits per heavy atom. The van der Waals surface area contributed by atoms with Crippen LogP contribution in [0.15, 0.2) is 66.7 Å². The minimum Gasteiger partial charge on any atom is -0.308 e. The van der Waals surface area contributed by atoms with Gasteiger partial charge in [0.15, 0.2) is 4.87 Å². The molecule has 1 saturated heterocycles. The average molecular weight is 482 g/mol. The number of carbonyl (C=O) groups excluding carboxylic acids is 2. The van der Waals surface area contributed by atoms with Crippen molar-refractivity contribution in [2.75, 3.05) is 22.5 Å². The second-order valence-corrected chi connectivity index (χ2v) is 9.81. The maximum absolute atomic E-state index is 14.4. The maximum Gasteiger partial charge on any atom is 0.323 e. The number of thioether (sulfide) groups is 1. The molecule has 1 spiro atoms. The summed E-state index contributed by atoms with van der Waals surface area (Å²) in [6, 6.07) is 18.7. The van der Waals surface area contributed by atoms with Gasteiger partial charge in [0.25, 0.3) is 5.91 Å². The van der Waals surface area contributed by atoms with Gasteiger partial charge in [-0.3, -0.25) is 9.69 Å². The molecule has 5 nitrogen and oxygen atoms in total. The van der Waals surface area contributed by atoms with Gasteiger partial charge in [0.1, 0.15) is 5.82 Å². The van der Waals surface area contributed by atoms with Crippen LogP contribution in [0.2, 0.25) is 5.02 Å². The molecule has 3 aromatic rings. The highest BCUT2D eigenvalue weighted by Gasteiger charge is 2.59. The summed E-state index contributed by atoms with van der Waals surface area (Å²) < 4.78 is 14.4. The molecule has 1 N–H and O–H groups in total. The Hall–Kier alpha value is -3.03. The van der Waals surface area contributed by atoms with Crippen molar-refractivity contribution in [3.63, 3.8) is 0 Å². The number of benzene rings is 3. The minimum absolute atomic E-state index is 0.0909. The van der Waals surface area contributed by atoms with Crippen LogP contribution in [0.1, 0.15) is 16.7 Å².